The van der Waals surface area contributed by atoms with Gasteiger partial charge in [-0.05, 0) is 40.8 Å². The number of benzene rings is 1. The van der Waals surface area contributed by atoms with Crippen molar-refractivity contribution in [1.29, 1.82) is 0 Å². The number of nitro groups is 1. The standard InChI is InChI=1S/C12H13BrN2O4/c13-9-5-8(15(18)19)3-4-10(9)14-11(6-12(16)17)7-1-2-7/h3-5,7,11,14H,1-2,6H2,(H,16,17). The maximum atomic E-state index is 10.8. The number of aliphatic carboxylic acids is 1. The molecule has 0 radical (unpaired) electrons. The summed E-state index contributed by atoms with van der Waals surface area (Å²) < 4.78 is 0.567. The molecule has 1 fully saturated rings. The lowest BCUT2D eigenvalue weighted by Crippen LogP contribution is -2.25. The van der Waals surface area contributed by atoms with Crippen molar-refractivity contribution in [3.8, 4) is 0 Å². The molecule has 1 saturated carbocycles. The van der Waals surface area contributed by atoms with Gasteiger partial charge in [-0.3, -0.25) is 14.9 Å². The van der Waals surface area contributed by atoms with Crippen molar-refractivity contribution < 1.29 is 14.8 Å². The van der Waals surface area contributed by atoms with E-state index in [0.29, 0.717) is 16.1 Å². The summed E-state index contributed by atoms with van der Waals surface area (Å²) in [5, 5.41) is 22.7. The Morgan fingerprint density at radius 2 is 2.26 bits per heavy atom. The number of carboxylic acids is 1. The minimum atomic E-state index is -0.845. The van der Waals surface area contributed by atoms with Crippen molar-refractivity contribution in [2.24, 2.45) is 5.92 Å². The molecule has 0 heterocycles. The number of carboxylic acid groups (broad SMARTS) is 1. The molecular formula is C12H13BrN2O4. The fraction of sp³-hybridized carbons (Fsp3) is 0.417. The minimum absolute atomic E-state index is 0.00127. The predicted octanol–water partition coefficient (Wildman–Crippen LogP) is 3.02. The Morgan fingerprint density at radius 3 is 2.74 bits per heavy atom. The van der Waals surface area contributed by atoms with E-state index in [4.69, 9.17) is 5.11 Å². The Hall–Kier alpha value is -1.63. The monoisotopic (exact) mass is 328 g/mol. The Bertz CT molecular complexity index is 516. The number of halogens is 1. The molecule has 1 aromatic carbocycles. The van der Waals surface area contributed by atoms with Crippen molar-refractivity contribution in [2.45, 2.75) is 25.3 Å². The Kier molecular flexibility index (Phi) is 4.04. The van der Waals surface area contributed by atoms with E-state index in [0.717, 1.165) is 12.8 Å². The summed E-state index contributed by atoms with van der Waals surface area (Å²) in [4.78, 5) is 21.0. The molecule has 1 aromatic rings. The molecule has 19 heavy (non-hydrogen) atoms. The number of anilines is 1. The zero-order valence-corrected chi connectivity index (χ0v) is 11.6. The lowest BCUT2D eigenvalue weighted by Gasteiger charge is -2.18. The van der Waals surface area contributed by atoms with Gasteiger partial charge in [0, 0.05) is 28.3 Å². The quantitative estimate of drug-likeness (QED) is 0.618. The Morgan fingerprint density at radius 1 is 1.58 bits per heavy atom. The molecule has 1 aliphatic carbocycles. The van der Waals surface area contributed by atoms with E-state index in [2.05, 4.69) is 21.2 Å². The molecule has 2 rings (SSSR count). The fourth-order valence-corrected chi connectivity index (χ4v) is 2.44. The SMILES string of the molecule is O=C(O)CC(Nc1ccc([N+](=O)[O-])cc1Br)C1CC1. The molecule has 7 heteroatoms. The van der Waals surface area contributed by atoms with Crippen LogP contribution in [0, 0.1) is 16.0 Å². The lowest BCUT2D eigenvalue weighted by molar-refractivity contribution is -0.384. The van der Waals surface area contributed by atoms with Crippen molar-refractivity contribution in [1.82, 2.24) is 0 Å². The molecule has 6 nitrogen and oxygen atoms in total. The van der Waals surface area contributed by atoms with Gasteiger partial charge >= 0.3 is 5.97 Å². The van der Waals surface area contributed by atoms with Crippen LogP contribution in [0.2, 0.25) is 0 Å². The van der Waals surface area contributed by atoms with E-state index in [1.54, 1.807) is 6.07 Å². The molecule has 0 aromatic heterocycles. The lowest BCUT2D eigenvalue weighted by atomic mass is 10.1. The Balaban J connectivity index is 2.12. The first kappa shape index (κ1) is 13.8. The van der Waals surface area contributed by atoms with Crippen LogP contribution in [0.1, 0.15) is 19.3 Å². The van der Waals surface area contributed by atoms with Crippen LogP contribution in [0.15, 0.2) is 22.7 Å². The van der Waals surface area contributed by atoms with Gasteiger partial charge in [-0.15, -0.1) is 0 Å². The maximum absolute atomic E-state index is 10.8. The number of nitrogens with one attached hydrogen (secondary N) is 1. The van der Waals surface area contributed by atoms with Crippen molar-refractivity contribution >= 4 is 33.3 Å². The number of non-ortho nitro benzene ring substituents is 1. The van der Waals surface area contributed by atoms with Gasteiger partial charge in [0.1, 0.15) is 0 Å². The van der Waals surface area contributed by atoms with Crippen molar-refractivity contribution in [3.63, 3.8) is 0 Å². The summed E-state index contributed by atoms with van der Waals surface area (Å²) in [6, 6.07) is 4.28. The summed E-state index contributed by atoms with van der Waals surface area (Å²) in [7, 11) is 0. The van der Waals surface area contributed by atoms with Crippen molar-refractivity contribution in [2.75, 3.05) is 5.32 Å². The molecule has 102 valence electrons. The van der Waals surface area contributed by atoms with Crippen LogP contribution < -0.4 is 5.32 Å². The number of hydrogen-bond acceptors (Lipinski definition) is 4. The third-order valence-electron chi connectivity index (χ3n) is 3.09. The first-order valence-corrected chi connectivity index (χ1v) is 6.69. The van der Waals surface area contributed by atoms with E-state index < -0.39 is 10.9 Å². The summed E-state index contributed by atoms with van der Waals surface area (Å²) in [6.07, 6.45) is 2.10. The van der Waals surface area contributed by atoms with E-state index >= 15 is 0 Å². The number of nitrogens with zero attached hydrogens (tertiary/aromatic N) is 1. The summed E-state index contributed by atoms with van der Waals surface area (Å²) in [5.74, 6) is -0.472. The van der Waals surface area contributed by atoms with Crippen LogP contribution in [0.5, 0.6) is 0 Å². The highest BCUT2D eigenvalue weighted by molar-refractivity contribution is 9.10. The van der Waals surface area contributed by atoms with Gasteiger partial charge < -0.3 is 10.4 Å². The van der Waals surface area contributed by atoms with Gasteiger partial charge in [-0.1, -0.05) is 0 Å². The molecule has 0 aliphatic heterocycles. The van der Waals surface area contributed by atoms with Gasteiger partial charge in [0.15, 0.2) is 0 Å². The summed E-state index contributed by atoms with van der Waals surface area (Å²) in [6.45, 7) is 0. The number of hydrogen-bond donors (Lipinski definition) is 2. The largest absolute Gasteiger partial charge is 0.481 e. The average molecular weight is 329 g/mol. The zero-order chi connectivity index (χ0) is 14.0. The van der Waals surface area contributed by atoms with Crippen LogP contribution in [0.3, 0.4) is 0 Å². The van der Waals surface area contributed by atoms with Crippen LogP contribution in [-0.2, 0) is 4.79 Å². The van der Waals surface area contributed by atoms with Crippen LogP contribution in [-0.4, -0.2) is 22.0 Å². The van der Waals surface area contributed by atoms with E-state index in [1.165, 1.54) is 12.1 Å². The van der Waals surface area contributed by atoms with Gasteiger partial charge in [-0.2, -0.15) is 0 Å². The number of rotatable bonds is 6. The van der Waals surface area contributed by atoms with Gasteiger partial charge in [0.05, 0.1) is 11.3 Å². The first-order valence-electron chi connectivity index (χ1n) is 5.89. The first-order chi connectivity index (χ1) is 8.97. The zero-order valence-electron chi connectivity index (χ0n) is 10.0. The van der Waals surface area contributed by atoms with Gasteiger partial charge in [-0.25, -0.2) is 0 Å². The van der Waals surface area contributed by atoms with Crippen LogP contribution in [0.4, 0.5) is 11.4 Å². The van der Waals surface area contributed by atoms with Gasteiger partial charge in [0.2, 0.25) is 0 Å². The van der Waals surface area contributed by atoms with E-state index in [9.17, 15) is 14.9 Å². The fourth-order valence-electron chi connectivity index (χ4n) is 1.96. The summed E-state index contributed by atoms with van der Waals surface area (Å²) in [5.41, 5.74) is 0.683. The number of nitro benzene ring substituents is 1. The maximum Gasteiger partial charge on any atom is 0.305 e. The second-order valence-electron chi connectivity index (χ2n) is 4.61. The third kappa shape index (κ3) is 3.66. The topological polar surface area (TPSA) is 92.5 Å². The predicted molar refractivity (Wildman–Crippen MR) is 73.2 cm³/mol. The molecule has 0 amide bonds. The Labute approximate surface area is 118 Å². The van der Waals surface area contributed by atoms with Gasteiger partial charge in [0.25, 0.3) is 5.69 Å². The highest BCUT2D eigenvalue weighted by Gasteiger charge is 2.33. The third-order valence-corrected chi connectivity index (χ3v) is 3.75. The van der Waals surface area contributed by atoms with E-state index in [-0.39, 0.29) is 18.2 Å². The molecule has 1 aliphatic rings. The second kappa shape index (κ2) is 5.56. The molecule has 0 saturated heterocycles. The minimum Gasteiger partial charge on any atom is -0.481 e. The molecular weight excluding hydrogens is 316 g/mol. The normalized spacial score (nSPS) is 15.8. The average Bonchev–Trinajstić information content (AvgIpc) is 3.13. The highest BCUT2D eigenvalue weighted by Crippen LogP contribution is 2.37. The van der Waals surface area contributed by atoms with E-state index in [1.807, 2.05) is 0 Å². The van der Waals surface area contributed by atoms with Crippen LogP contribution >= 0.6 is 15.9 Å². The molecule has 0 bridgehead atoms. The summed E-state index contributed by atoms with van der Waals surface area (Å²) >= 11 is 3.27. The number of carbonyl (C=O) groups is 1. The highest BCUT2D eigenvalue weighted by atomic mass is 79.9. The van der Waals surface area contributed by atoms with Crippen LogP contribution in [0.25, 0.3) is 0 Å². The molecule has 1 unspecified atom stereocenters. The molecule has 2 N–H and O–H groups in total. The smallest absolute Gasteiger partial charge is 0.305 e. The molecule has 1 atom stereocenters. The second-order valence-corrected chi connectivity index (χ2v) is 5.46. The van der Waals surface area contributed by atoms with Crippen molar-refractivity contribution in [3.05, 3.63) is 32.8 Å². The molecule has 0 spiro atoms.